The second-order valence-corrected chi connectivity index (χ2v) is 9.02. The van der Waals surface area contributed by atoms with E-state index in [0.717, 1.165) is 4.90 Å². The quantitative estimate of drug-likeness (QED) is 0.392. The molecule has 0 aliphatic carbocycles. The Morgan fingerprint density at radius 3 is 2.45 bits per heavy atom. The summed E-state index contributed by atoms with van der Waals surface area (Å²) >= 11 is 3.06. The molecule has 0 N–H and O–H groups in total. The van der Waals surface area contributed by atoms with E-state index in [1.54, 1.807) is 20.8 Å². The fourth-order valence-electron chi connectivity index (χ4n) is 2.27. The van der Waals surface area contributed by atoms with Crippen LogP contribution in [0.2, 0.25) is 0 Å². The van der Waals surface area contributed by atoms with Gasteiger partial charge in [0.05, 0.1) is 5.75 Å². The van der Waals surface area contributed by atoms with Gasteiger partial charge in [-0.3, -0.25) is 9.69 Å². The van der Waals surface area contributed by atoms with Crippen LogP contribution >= 0.6 is 15.9 Å². The molecule has 6 nitrogen and oxygen atoms in total. The molecule has 2 atom stereocenters. The number of nitrogens with zero attached hydrogens (tertiary/aromatic N) is 1. The Morgan fingerprint density at radius 1 is 1.40 bits per heavy atom. The van der Waals surface area contributed by atoms with Crippen LogP contribution in [0.5, 0.6) is 0 Å². The van der Waals surface area contributed by atoms with Crippen molar-refractivity contribution in [2.75, 3.05) is 5.75 Å². The number of sulfone groups is 1. The first-order valence-electron chi connectivity index (χ1n) is 6.07. The van der Waals surface area contributed by atoms with Crippen molar-refractivity contribution >= 4 is 37.6 Å². The van der Waals surface area contributed by atoms with E-state index in [1.165, 1.54) is 6.92 Å². The normalized spacial score (nSPS) is 28.9. The van der Waals surface area contributed by atoms with E-state index < -0.39 is 37.5 Å². The molecule has 1 saturated heterocycles. The summed E-state index contributed by atoms with van der Waals surface area (Å²) in [6.07, 6.45) is 0. The Kier molecular flexibility index (Phi) is 3.53. The van der Waals surface area contributed by atoms with Crippen molar-refractivity contribution in [1.82, 2.24) is 4.90 Å². The number of amides is 1. The summed E-state index contributed by atoms with van der Waals surface area (Å²) in [5.74, 6) is -1.33. The predicted octanol–water partition coefficient (Wildman–Crippen LogP) is 0.962. The first-order chi connectivity index (χ1) is 8.96. The third kappa shape index (κ3) is 2.39. The van der Waals surface area contributed by atoms with Crippen LogP contribution < -0.4 is 0 Å². The van der Waals surface area contributed by atoms with E-state index in [-0.39, 0.29) is 11.4 Å². The number of carbonyl (C=O) groups is 2. The minimum absolute atomic E-state index is 0.0560. The highest BCUT2D eigenvalue weighted by Gasteiger charge is 2.58. The standard InChI is InChI=1S/C12H16BrNO5S/c1-6-5-20(17,18)10-7(13)9(15)14(10)8(6)11(16)19-12(2,3)4/h7,10H,5H2,1-4H3/t7-,10-/m0/s1. The molecular weight excluding hydrogens is 350 g/mol. The lowest BCUT2D eigenvalue weighted by Gasteiger charge is -2.47. The molecule has 2 aliphatic heterocycles. The molecule has 1 fully saturated rings. The van der Waals surface area contributed by atoms with Crippen molar-refractivity contribution in [2.24, 2.45) is 0 Å². The molecular formula is C12H16BrNO5S. The molecule has 20 heavy (non-hydrogen) atoms. The van der Waals surface area contributed by atoms with Gasteiger partial charge in [-0.05, 0) is 33.3 Å². The summed E-state index contributed by atoms with van der Waals surface area (Å²) in [5.41, 5.74) is -0.318. The zero-order chi connectivity index (χ0) is 15.5. The summed E-state index contributed by atoms with van der Waals surface area (Å²) in [5, 5.41) is -1.01. The average Bonchev–Trinajstić information content (AvgIpc) is 2.23. The van der Waals surface area contributed by atoms with Gasteiger partial charge in [0.1, 0.15) is 16.1 Å². The van der Waals surface area contributed by atoms with Crippen molar-refractivity contribution in [3.05, 3.63) is 11.3 Å². The van der Waals surface area contributed by atoms with Crippen LogP contribution in [0.4, 0.5) is 0 Å². The van der Waals surface area contributed by atoms with Gasteiger partial charge in [-0.15, -0.1) is 0 Å². The van der Waals surface area contributed by atoms with Crippen LogP contribution in [0, 0.1) is 0 Å². The van der Waals surface area contributed by atoms with Crippen molar-refractivity contribution in [3.63, 3.8) is 0 Å². The van der Waals surface area contributed by atoms with Crippen molar-refractivity contribution in [2.45, 2.75) is 43.5 Å². The maximum absolute atomic E-state index is 12.2. The maximum Gasteiger partial charge on any atom is 0.355 e. The Balaban J connectivity index is 2.42. The number of β-lactam (4-membered cyclic amide) rings is 1. The number of carbonyl (C=O) groups excluding carboxylic acids is 2. The SMILES string of the molecule is CC1=C(C(=O)OC(C)(C)C)N2C(=O)[C@H](Br)[C@@H]2S(=O)(=O)C1. The average molecular weight is 366 g/mol. The van der Waals surface area contributed by atoms with Gasteiger partial charge in [-0.2, -0.15) is 0 Å². The largest absolute Gasteiger partial charge is 0.455 e. The molecule has 0 bridgehead atoms. The number of ether oxygens (including phenoxy) is 1. The van der Waals surface area contributed by atoms with Crippen molar-refractivity contribution < 1.29 is 22.7 Å². The first kappa shape index (κ1) is 15.5. The minimum atomic E-state index is -3.47. The lowest BCUT2D eigenvalue weighted by atomic mass is 10.1. The summed E-state index contributed by atoms with van der Waals surface area (Å²) in [4.78, 5) is 24.3. The number of esters is 1. The van der Waals surface area contributed by atoms with Crippen LogP contribution in [0.3, 0.4) is 0 Å². The zero-order valence-corrected chi connectivity index (χ0v) is 14.0. The van der Waals surface area contributed by atoms with E-state index in [1.807, 2.05) is 0 Å². The molecule has 8 heteroatoms. The summed E-state index contributed by atoms with van der Waals surface area (Å²) in [7, 11) is -3.47. The molecule has 0 unspecified atom stereocenters. The monoisotopic (exact) mass is 365 g/mol. The molecule has 2 heterocycles. The van der Waals surface area contributed by atoms with Gasteiger partial charge in [-0.1, -0.05) is 15.9 Å². The van der Waals surface area contributed by atoms with Gasteiger partial charge in [0, 0.05) is 0 Å². The molecule has 0 aromatic rings. The highest BCUT2D eigenvalue weighted by atomic mass is 79.9. The number of rotatable bonds is 1. The number of hydrogen-bond donors (Lipinski definition) is 0. The van der Waals surface area contributed by atoms with Crippen LogP contribution in [0.15, 0.2) is 11.3 Å². The van der Waals surface area contributed by atoms with Gasteiger partial charge in [0.25, 0.3) is 0 Å². The molecule has 2 aliphatic rings. The summed E-state index contributed by atoms with van der Waals surface area (Å²) < 4.78 is 29.4. The highest BCUT2D eigenvalue weighted by molar-refractivity contribution is 9.10. The lowest BCUT2D eigenvalue weighted by molar-refractivity contribution is -0.156. The van der Waals surface area contributed by atoms with E-state index in [4.69, 9.17) is 4.74 Å². The van der Waals surface area contributed by atoms with Crippen LogP contribution in [-0.4, -0.2) is 46.7 Å². The summed E-state index contributed by atoms with van der Waals surface area (Å²) in [6.45, 7) is 6.66. The fraction of sp³-hybridized carbons (Fsp3) is 0.667. The summed E-state index contributed by atoms with van der Waals surface area (Å²) in [6, 6.07) is 0. The predicted molar refractivity (Wildman–Crippen MR) is 75.7 cm³/mol. The molecule has 0 aromatic carbocycles. The number of fused-ring (bicyclic) bond motifs is 1. The van der Waals surface area contributed by atoms with Crippen LogP contribution in [0.25, 0.3) is 0 Å². The van der Waals surface area contributed by atoms with Gasteiger partial charge in [0.2, 0.25) is 5.91 Å². The van der Waals surface area contributed by atoms with Crippen LogP contribution in [-0.2, 0) is 24.2 Å². The second-order valence-electron chi connectivity index (χ2n) is 5.94. The van der Waals surface area contributed by atoms with E-state index in [9.17, 15) is 18.0 Å². The van der Waals surface area contributed by atoms with Crippen molar-refractivity contribution in [1.29, 1.82) is 0 Å². The number of halogens is 1. The third-order valence-electron chi connectivity index (χ3n) is 3.00. The molecule has 0 radical (unpaired) electrons. The van der Waals surface area contributed by atoms with Gasteiger partial charge < -0.3 is 4.74 Å². The van der Waals surface area contributed by atoms with Gasteiger partial charge >= 0.3 is 5.97 Å². The fourth-order valence-corrected chi connectivity index (χ4v) is 5.63. The Labute approximate surface area is 126 Å². The first-order valence-corrected chi connectivity index (χ1v) is 8.70. The maximum atomic E-state index is 12.2. The minimum Gasteiger partial charge on any atom is -0.455 e. The molecule has 0 saturated carbocycles. The van der Waals surface area contributed by atoms with E-state index in [0.29, 0.717) is 5.57 Å². The Hall–Kier alpha value is -0.890. The van der Waals surface area contributed by atoms with Crippen molar-refractivity contribution in [3.8, 4) is 0 Å². The zero-order valence-electron chi connectivity index (χ0n) is 11.6. The smallest absolute Gasteiger partial charge is 0.355 e. The van der Waals surface area contributed by atoms with Gasteiger partial charge in [0.15, 0.2) is 15.2 Å². The molecule has 1 amide bonds. The lowest BCUT2D eigenvalue weighted by Crippen LogP contribution is -2.67. The van der Waals surface area contributed by atoms with E-state index in [2.05, 4.69) is 15.9 Å². The highest BCUT2D eigenvalue weighted by Crippen LogP contribution is 2.40. The Bertz CT molecular complexity index is 616. The Morgan fingerprint density at radius 2 is 1.95 bits per heavy atom. The van der Waals surface area contributed by atoms with Gasteiger partial charge in [-0.25, -0.2) is 13.2 Å². The second kappa shape index (κ2) is 4.56. The molecule has 0 spiro atoms. The molecule has 0 aromatic heterocycles. The topological polar surface area (TPSA) is 80.8 Å². The van der Waals surface area contributed by atoms with Crippen LogP contribution in [0.1, 0.15) is 27.7 Å². The number of hydrogen-bond acceptors (Lipinski definition) is 5. The molecule has 112 valence electrons. The number of alkyl halides is 1. The third-order valence-corrected chi connectivity index (χ3v) is 6.30. The van der Waals surface area contributed by atoms with E-state index >= 15 is 0 Å². The molecule has 2 rings (SSSR count).